The van der Waals surface area contributed by atoms with E-state index in [1.807, 2.05) is 12.1 Å². The van der Waals surface area contributed by atoms with Crippen molar-refractivity contribution in [1.29, 1.82) is 5.26 Å². The molecule has 0 heterocycles. The highest BCUT2D eigenvalue weighted by atomic mass is 14.2. The molecule has 0 radical (unpaired) electrons. The van der Waals surface area contributed by atoms with Gasteiger partial charge in [-0.25, -0.2) is 0 Å². The highest BCUT2D eigenvalue weighted by molar-refractivity contribution is 6.39. The van der Waals surface area contributed by atoms with Crippen LogP contribution in [0.25, 0.3) is 53.9 Å². The summed E-state index contributed by atoms with van der Waals surface area (Å²) in [7, 11) is 0. The van der Waals surface area contributed by atoms with Crippen molar-refractivity contribution in [3.05, 3.63) is 96.6 Å². The average Bonchev–Trinajstić information content (AvgIpc) is 2.78. The Hall–Kier alpha value is -3.89. The zero-order valence-electron chi connectivity index (χ0n) is 15.1. The molecular formula is C27H15N. The third-order valence-corrected chi connectivity index (χ3v) is 5.84. The molecule has 0 spiro atoms. The van der Waals surface area contributed by atoms with Crippen LogP contribution in [0.15, 0.2) is 91.0 Å². The van der Waals surface area contributed by atoms with Gasteiger partial charge in [0, 0.05) is 0 Å². The molecule has 0 atom stereocenters. The molecular weight excluding hydrogens is 338 g/mol. The monoisotopic (exact) mass is 353 g/mol. The van der Waals surface area contributed by atoms with Crippen molar-refractivity contribution >= 4 is 53.9 Å². The minimum absolute atomic E-state index is 0.696. The molecule has 0 saturated heterocycles. The second-order valence-electron chi connectivity index (χ2n) is 7.26. The number of hydrogen-bond donors (Lipinski definition) is 0. The number of nitrogens with zero attached hydrogens (tertiary/aromatic N) is 1. The maximum absolute atomic E-state index is 9.45. The van der Waals surface area contributed by atoms with Crippen molar-refractivity contribution in [2.75, 3.05) is 0 Å². The first-order chi connectivity index (χ1) is 13.9. The highest BCUT2D eigenvalue weighted by Gasteiger charge is 2.15. The SMILES string of the molecule is N#Cc1ccc2c(c1)c1ccccc1c1c3ccccc3c3ccccc3c21. The molecule has 28 heavy (non-hydrogen) atoms. The van der Waals surface area contributed by atoms with Gasteiger partial charge in [-0.3, -0.25) is 0 Å². The largest absolute Gasteiger partial charge is 0.192 e. The van der Waals surface area contributed by atoms with Crippen LogP contribution < -0.4 is 0 Å². The fourth-order valence-corrected chi connectivity index (χ4v) is 4.69. The summed E-state index contributed by atoms with van der Waals surface area (Å²) in [6, 6.07) is 34.3. The van der Waals surface area contributed by atoms with Gasteiger partial charge in [0.15, 0.2) is 0 Å². The maximum Gasteiger partial charge on any atom is 0.0991 e. The lowest BCUT2D eigenvalue weighted by Crippen LogP contribution is -1.88. The number of rotatable bonds is 0. The molecule has 0 fully saturated rings. The van der Waals surface area contributed by atoms with Crippen molar-refractivity contribution in [1.82, 2.24) is 0 Å². The van der Waals surface area contributed by atoms with Gasteiger partial charge in [0.1, 0.15) is 0 Å². The molecule has 0 N–H and O–H groups in total. The smallest absolute Gasteiger partial charge is 0.0991 e. The molecule has 0 aliphatic rings. The standard InChI is InChI=1S/C27H15N/c28-16-17-13-14-24-25(15-17)20-9-3-6-12-23(20)26-21-10-4-1-7-18(21)19-8-2-5-11-22(19)27(24)26/h1-15H. The summed E-state index contributed by atoms with van der Waals surface area (Å²) in [4.78, 5) is 0. The molecule has 6 aromatic rings. The quantitative estimate of drug-likeness (QED) is 0.262. The highest BCUT2D eigenvalue weighted by Crippen LogP contribution is 2.43. The number of benzene rings is 6. The molecule has 0 unspecified atom stereocenters. The third-order valence-electron chi connectivity index (χ3n) is 5.84. The van der Waals surface area contributed by atoms with Gasteiger partial charge in [0.2, 0.25) is 0 Å². The van der Waals surface area contributed by atoms with E-state index < -0.39 is 0 Å². The van der Waals surface area contributed by atoms with Crippen LogP contribution in [0.3, 0.4) is 0 Å². The first-order valence-electron chi connectivity index (χ1n) is 9.44. The Balaban J connectivity index is 2.09. The van der Waals surface area contributed by atoms with Crippen molar-refractivity contribution in [3.63, 3.8) is 0 Å². The van der Waals surface area contributed by atoms with Gasteiger partial charge >= 0.3 is 0 Å². The van der Waals surface area contributed by atoms with E-state index in [1.165, 1.54) is 48.5 Å². The molecule has 0 aliphatic heterocycles. The van der Waals surface area contributed by atoms with Crippen LogP contribution in [0.1, 0.15) is 5.56 Å². The summed E-state index contributed by atoms with van der Waals surface area (Å²) in [5.74, 6) is 0. The molecule has 0 aliphatic carbocycles. The molecule has 0 amide bonds. The lowest BCUT2D eigenvalue weighted by molar-refractivity contribution is 1.50. The first-order valence-corrected chi connectivity index (χ1v) is 9.44. The summed E-state index contributed by atoms with van der Waals surface area (Å²) in [5.41, 5.74) is 0.696. The molecule has 0 bridgehead atoms. The number of hydrogen-bond acceptors (Lipinski definition) is 1. The van der Waals surface area contributed by atoms with E-state index in [-0.39, 0.29) is 0 Å². The van der Waals surface area contributed by atoms with E-state index in [2.05, 4.69) is 84.9 Å². The van der Waals surface area contributed by atoms with Crippen molar-refractivity contribution in [2.24, 2.45) is 0 Å². The molecule has 0 aromatic heterocycles. The van der Waals surface area contributed by atoms with E-state index in [9.17, 15) is 5.26 Å². The fourth-order valence-electron chi connectivity index (χ4n) is 4.69. The predicted molar refractivity (Wildman–Crippen MR) is 119 cm³/mol. The van der Waals surface area contributed by atoms with Crippen LogP contribution in [-0.4, -0.2) is 0 Å². The number of fused-ring (bicyclic) bond motifs is 11. The molecule has 128 valence electrons. The second kappa shape index (κ2) is 5.55. The summed E-state index contributed by atoms with van der Waals surface area (Å²) >= 11 is 0. The van der Waals surface area contributed by atoms with Crippen LogP contribution >= 0.6 is 0 Å². The van der Waals surface area contributed by atoms with Gasteiger partial charge in [-0.05, 0) is 66.0 Å². The third kappa shape index (κ3) is 1.89. The van der Waals surface area contributed by atoms with Crippen molar-refractivity contribution in [2.45, 2.75) is 0 Å². The summed E-state index contributed by atoms with van der Waals surface area (Å²) in [6.07, 6.45) is 0. The Morgan fingerprint density at radius 3 is 1.29 bits per heavy atom. The van der Waals surface area contributed by atoms with Gasteiger partial charge in [0.05, 0.1) is 11.6 Å². The second-order valence-corrected chi connectivity index (χ2v) is 7.26. The summed E-state index contributed by atoms with van der Waals surface area (Å²) in [5, 5.41) is 21.9. The fraction of sp³-hybridized carbons (Fsp3) is 0. The lowest BCUT2D eigenvalue weighted by atomic mass is 9.87. The number of nitriles is 1. The van der Waals surface area contributed by atoms with Crippen LogP contribution in [0.2, 0.25) is 0 Å². The molecule has 0 saturated carbocycles. The Kier molecular flexibility index (Phi) is 3.01. The summed E-state index contributed by atoms with van der Waals surface area (Å²) < 4.78 is 0. The summed E-state index contributed by atoms with van der Waals surface area (Å²) in [6.45, 7) is 0. The van der Waals surface area contributed by atoms with Gasteiger partial charge in [-0.2, -0.15) is 5.26 Å². The minimum atomic E-state index is 0.696. The van der Waals surface area contributed by atoms with E-state index in [4.69, 9.17) is 0 Å². The Morgan fingerprint density at radius 2 is 0.821 bits per heavy atom. The van der Waals surface area contributed by atoms with Crippen molar-refractivity contribution in [3.8, 4) is 6.07 Å². The van der Waals surface area contributed by atoms with E-state index in [0.717, 1.165) is 5.39 Å². The molecule has 1 nitrogen and oxygen atoms in total. The predicted octanol–water partition coefficient (Wildman–Crippen LogP) is 7.32. The van der Waals surface area contributed by atoms with Crippen molar-refractivity contribution < 1.29 is 0 Å². The normalized spacial score (nSPS) is 11.5. The van der Waals surface area contributed by atoms with Crippen LogP contribution in [0.4, 0.5) is 0 Å². The first kappa shape index (κ1) is 15.2. The van der Waals surface area contributed by atoms with Crippen LogP contribution in [0, 0.1) is 11.3 Å². The average molecular weight is 353 g/mol. The zero-order chi connectivity index (χ0) is 18.7. The molecule has 6 rings (SSSR count). The van der Waals surface area contributed by atoms with E-state index in [1.54, 1.807) is 0 Å². The minimum Gasteiger partial charge on any atom is -0.192 e. The Labute approximate surface area is 162 Å². The van der Waals surface area contributed by atoms with Gasteiger partial charge < -0.3 is 0 Å². The maximum atomic E-state index is 9.45. The Bertz CT molecular complexity index is 1620. The topological polar surface area (TPSA) is 23.8 Å². The molecule has 1 heteroatoms. The van der Waals surface area contributed by atoms with Crippen LogP contribution in [0.5, 0.6) is 0 Å². The van der Waals surface area contributed by atoms with Gasteiger partial charge in [-0.15, -0.1) is 0 Å². The Morgan fingerprint density at radius 1 is 0.429 bits per heavy atom. The van der Waals surface area contributed by atoms with Gasteiger partial charge in [0.25, 0.3) is 0 Å². The van der Waals surface area contributed by atoms with E-state index in [0.29, 0.717) is 5.56 Å². The lowest BCUT2D eigenvalue weighted by Gasteiger charge is -2.16. The van der Waals surface area contributed by atoms with Crippen LogP contribution in [-0.2, 0) is 0 Å². The van der Waals surface area contributed by atoms with Gasteiger partial charge in [-0.1, -0.05) is 78.9 Å². The van der Waals surface area contributed by atoms with E-state index >= 15 is 0 Å². The zero-order valence-corrected chi connectivity index (χ0v) is 15.1. The molecule has 6 aromatic carbocycles.